The number of benzene rings is 2. The van der Waals surface area contributed by atoms with Gasteiger partial charge < -0.3 is 10.2 Å². The lowest BCUT2D eigenvalue weighted by atomic mass is 10.1. The van der Waals surface area contributed by atoms with E-state index in [1.807, 2.05) is 61.5 Å². The minimum absolute atomic E-state index is 0.110. The van der Waals surface area contributed by atoms with Crippen LogP contribution in [0.5, 0.6) is 0 Å². The van der Waals surface area contributed by atoms with Crippen LogP contribution >= 0.6 is 0 Å². The number of aromatic nitrogens is 1. The van der Waals surface area contributed by atoms with Crippen molar-refractivity contribution in [3.63, 3.8) is 0 Å². The summed E-state index contributed by atoms with van der Waals surface area (Å²) in [5.41, 5.74) is 4.10. The van der Waals surface area contributed by atoms with Crippen LogP contribution in [0, 0.1) is 6.92 Å². The molecule has 1 heterocycles. The molecule has 3 rings (SSSR count). The molecule has 4 nitrogen and oxygen atoms in total. The number of carbonyl (C=O) groups excluding carboxylic acids is 1. The highest BCUT2D eigenvalue weighted by Gasteiger charge is 2.10. The first-order valence-electron chi connectivity index (χ1n) is 9.24. The topological polar surface area (TPSA) is 45.2 Å². The normalized spacial score (nSPS) is 10.4. The second-order valence-corrected chi connectivity index (χ2v) is 6.57. The number of nitrogens with zero attached hydrogens (tertiary/aromatic N) is 2. The summed E-state index contributed by atoms with van der Waals surface area (Å²) in [6.07, 6.45) is 1.65. The Morgan fingerprint density at radius 2 is 1.70 bits per heavy atom. The molecule has 1 aromatic heterocycles. The molecule has 0 spiro atoms. The minimum Gasteiger partial charge on any atom is -0.353 e. The van der Waals surface area contributed by atoms with Crippen LogP contribution in [0.3, 0.4) is 0 Å². The second kappa shape index (κ2) is 8.99. The highest BCUT2D eigenvalue weighted by atomic mass is 16.1. The Bertz CT molecular complexity index is 858. The molecule has 1 N–H and O–H groups in total. The maximum Gasteiger partial charge on any atom is 0.253 e. The van der Waals surface area contributed by atoms with Gasteiger partial charge in [-0.1, -0.05) is 60.2 Å². The SMILES string of the molecule is CCN(Cc1ccccc1)c1ccc(C(=O)NCc2ccc(C)cc2)cn1. The molecule has 0 aliphatic rings. The maximum absolute atomic E-state index is 12.4. The fourth-order valence-electron chi connectivity index (χ4n) is 2.86. The highest BCUT2D eigenvalue weighted by Crippen LogP contribution is 2.15. The van der Waals surface area contributed by atoms with Gasteiger partial charge in [-0.05, 0) is 37.1 Å². The van der Waals surface area contributed by atoms with Crippen LogP contribution in [-0.4, -0.2) is 17.4 Å². The van der Waals surface area contributed by atoms with Gasteiger partial charge in [0.2, 0.25) is 0 Å². The van der Waals surface area contributed by atoms with Crippen molar-refractivity contribution in [3.8, 4) is 0 Å². The van der Waals surface area contributed by atoms with E-state index in [9.17, 15) is 4.79 Å². The summed E-state index contributed by atoms with van der Waals surface area (Å²) in [4.78, 5) is 19.0. The van der Waals surface area contributed by atoms with Crippen molar-refractivity contribution < 1.29 is 4.79 Å². The molecule has 27 heavy (non-hydrogen) atoms. The quantitative estimate of drug-likeness (QED) is 0.682. The summed E-state index contributed by atoms with van der Waals surface area (Å²) in [6, 6.07) is 22.2. The van der Waals surface area contributed by atoms with Crippen molar-refractivity contribution in [2.45, 2.75) is 26.9 Å². The van der Waals surface area contributed by atoms with Crippen molar-refractivity contribution >= 4 is 11.7 Å². The Morgan fingerprint density at radius 1 is 0.963 bits per heavy atom. The summed E-state index contributed by atoms with van der Waals surface area (Å²) in [5, 5.41) is 2.94. The molecule has 4 heteroatoms. The van der Waals surface area contributed by atoms with E-state index >= 15 is 0 Å². The first-order valence-corrected chi connectivity index (χ1v) is 9.24. The molecule has 2 aromatic carbocycles. The minimum atomic E-state index is -0.110. The molecule has 0 aliphatic heterocycles. The van der Waals surface area contributed by atoms with E-state index in [0.29, 0.717) is 12.1 Å². The van der Waals surface area contributed by atoms with Gasteiger partial charge >= 0.3 is 0 Å². The Kier molecular flexibility index (Phi) is 6.21. The summed E-state index contributed by atoms with van der Waals surface area (Å²) >= 11 is 0. The summed E-state index contributed by atoms with van der Waals surface area (Å²) < 4.78 is 0. The van der Waals surface area contributed by atoms with Crippen molar-refractivity contribution in [3.05, 3.63) is 95.2 Å². The van der Waals surface area contributed by atoms with Crippen LogP contribution in [0.1, 0.15) is 34.0 Å². The molecule has 138 valence electrons. The van der Waals surface area contributed by atoms with Crippen LogP contribution in [0.25, 0.3) is 0 Å². The Morgan fingerprint density at radius 3 is 2.33 bits per heavy atom. The van der Waals surface area contributed by atoms with E-state index in [4.69, 9.17) is 0 Å². The van der Waals surface area contributed by atoms with Crippen LogP contribution in [0.15, 0.2) is 72.9 Å². The molecule has 0 saturated heterocycles. The van der Waals surface area contributed by atoms with Crippen LogP contribution in [0.4, 0.5) is 5.82 Å². The highest BCUT2D eigenvalue weighted by molar-refractivity contribution is 5.94. The van der Waals surface area contributed by atoms with Gasteiger partial charge in [0, 0.05) is 25.8 Å². The summed E-state index contributed by atoms with van der Waals surface area (Å²) in [6.45, 7) is 6.31. The molecular weight excluding hydrogens is 334 g/mol. The van der Waals surface area contributed by atoms with Gasteiger partial charge in [-0.3, -0.25) is 4.79 Å². The van der Waals surface area contributed by atoms with E-state index in [0.717, 1.165) is 24.5 Å². The molecule has 1 amide bonds. The third-order valence-electron chi connectivity index (χ3n) is 4.51. The van der Waals surface area contributed by atoms with E-state index < -0.39 is 0 Å². The van der Waals surface area contributed by atoms with Crippen LogP contribution in [0.2, 0.25) is 0 Å². The lowest BCUT2D eigenvalue weighted by Gasteiger charge is -2.22. The van der Waals surface area contributed by atoms with Crippen molar-refractivity contribution in [2.24, 2.45) is 0 Å². The lowest BCUT2D eigenvalue weighted by Crippen LogP contribution is -2.25. The number of amides is 1. The van der Waals surface area contributed by atoms with E-state index in [1.165, 1.54) is 11.1 Å². The van der Waals surface area contributed by atoms with Gasteiger partial charge in [0.1, 0.15) is 5.82 Å². The Balaban J connectivity index is 1.61. The maximum atomic E-state index is 12.4. The van der Waals surface area contributed by atoms with Gasteiger partial charge in [-0.2, -0.15) is 0 Å². The molecule has 0 saturated carbocycles. The number of hydrogen-bond donors (Lipinski definition) is 1. The Hall–Kier alpha value is -3.14. The first-order chi connectivity index (χ1) is 13.2. The van der Waals surface area contributed by atoms with Crippen molar-refractivity contribution in [1.82, 2.24) is 10.3 Å². The smallest absolute Gasteiger partial charge is 0.253 e. The van der Waals surface area contributed by atoms with Gasteiger partial charge in [0.25, 0.3) is 5.91 Å². The van der Waals surface area contributed by atoms with Gasteiger partial charge in [0.05, 0.1) is 5.56 Å². The second-order valence-electron chi connectivity index (χ2n) is 6.57. The predicted molar refractivity (Wildman–Crippen MR) is 110 cm³/mol. The number of hydrogen-bond acceptors (Lipinski definition) is 3. The molecule has 0 bridgehead atoms. The van der Waals surface area contributed by atoms with Crippen molar-refractivity contribution in [2.75, 3.05) is 11.4 Å². The molecule has 3 aromatic rings. The molecule has 0 aliphatic carbocycles. The third-order valence-corrected chi connectivity index (χ3v) is 4.51. The van der Waals surface area contributed by atoms with Gasteiger partial charge in [-0.15, -0.1) is 0 Å². The number of carbonyl (C=O) groups is 1. The zero-order valence-electron chi connectivity index (χ0n) is 15.9. The monoisotopic (exact) mass is 359 g/mol. The average molecular weight is 359 g/mol. The van der Waals surface area contributed by atoms with Gasteiger partial charge in [0.15, 0.2) is 0 Å². The zero-order valence-corrected chi connectivity index (χ0v) is 15.9. The molecule has 0 radical (unpaired) electrons. The Labute approximate surface area is 160 Å². The number of anilines is 1. The molecule has 0 fully saturated rings. The van der Waals surface area contributed by atoms with Crippen LogP contribution in [-0.2, 0) is 13.1 Å². The third kappa shape index (κ3) is 5.17. The number of pyridine rings is 1. The number of rotatable bonds is 7. The number of aryl methyl sites for hydroxylation is 1. The average Bonchev–Trinajstić information content (AvgIpc) is 2.72. The standard InChI is InChI=1S/C23H25N3O/c1-3-26(17-20-7-5-4-6-8-20)22-14-13-21(16-24-22)23(27)25-15-19-11-9-18(2)10-12-19/h4-14,16H,3,15,17H2,1-2H3,(H,25,27). The van der Waals surface area contributed by atoms with Gasteiger partial charge in [-0.25, -0.2) is 4.98 Å². The molecule has 0 unspecified atom stereocenters. The van der Waals surface area contributed by atoms with Crippen molar-refractivity contribution in [1.29, 1.82) is 0 Å². The largest absolute Gasteiger partial charge is 0.353 e. The van der Waals surface area contributed by atoms with Crippen LogP contribution < -0.4 is 10.2 Å². The lowest BCUT2D eigenvalue weighted by molar-refractivity contribution is 0.0950. The molecule has 0 atom stereocenters. The molecular formula is C23H25N3O. The van der Waals surface area contributed by atoms with E-state index in [-0.39, 0.29) is 5.91 Å². The fraction of sp³-hybridized carbons (Fsp3) is 0.217. The first kappa shape index (κ1) is 18.6. The van der Waals surface area contributed by atoms with E-state index in [1.54, 1.807) is 6.20 Å². The zero-order chi connectivity index (χ0) is 19.1. The number of nitrogens with one attached hydrogen (secondary N) is 1. The fourth-order valence-corrected chi connectivity index (χ4v) is 2.86. The van der Waals surface area contributed by atoms with E-state index in [2.05, 4.69) is 34.3 Å². The summed E-state index contributed by atoms with van der Waals surface area (Å²) in [5.74, 6) is 0.761. The summed E-state index contributed by atoms with van der Waals surface area (Å²) in [7, 11) is 0. The predicted octanol–water partition coefficient (Wildman–Crippen LogP) is 4.35.